The average Bonchev–Trinajstić information content (AvgIpc) is 2.81. The van der Waals surface area contributed by atoms with Crippen LogP contribution >= 0.6 is 0 Å². The number of aliphatic hydroxyl groups excluding tert-OH is 1. The molecule has 0 aliphatic carbocycles. The fourth-order valence-corrected chi connectivity index (χ4v) is 1.71. The van der Waals surface area contributed by atoms with Crippen molar-refractivity contribution in [3.63, 3.8) is 0 Å². The third-order valence-corrected chi connectivity index (χ3v) is 2.67. The van der Waals surface area contributed by atoms with E-state index < -0.39 is 17.9 Å². The molecule has 0 saturated heterocycles. The second kappa shape index (κ2) is 5.53. The summed E-state index contributed by atoms with van der Waals surface area (Å²) >= 11 is 0. The number of carbonyl (C=O) groups excluding carboxylic acids is 1. The Balaban J connectivity index is 2.16. The lowest BCUT2D eigenvalue weighted by atomic mass is 10.2. The van der Waals surface area contributed by atoms with Gasteiger partial charge in [-0.25, -0.2) is 4.79 Å². The van der Waals surface area contributed by atoms with Gasteiger partial charge in [0.2, 0.25) is 0 Å². The minimum absolute atomic E-state index is 0.0467. The minimum atomic E-state index is -1.20. The highest BCUT2D eigenvalue weighted by atomic mass is 16.4. The molecule has 0 saturated carbocycles. The molecule has 3 N–H and O–H groups in total. The Morgan fingerprint density at radius 3 is 2.68 bits per heavy atom. The van der Waals surface area contributed by atoms with Crippen molar-refractivity contribution in [1.29, 1.82) is 0 Å². The van der Waals surface area contributed by atoms with Crippen LogP contribution < -0.4 is 5.32 Å². The van der Waals surface area contributed by atoms with Crippen molar-refractivity contribution in [3.05, 3.63) is 36.1 Å². The van der Waals surface area contributed by atoms with E-state index >= 15 is 0 Å². The van der Waals surface area contributed by atoms with Crippen LogP contribution in [0.4, 0.5) is 0 Å². The quantitative estimate of drug-likeness (QED) is 0.747. The molecular weight excluding hydrogens is 250 g/mol. The maximum Gasteiger partial charge on any atom is 0.326 e. The highest BCUT2D eigenvalue weighted by molar-refractivity contribution is 5.97. The first-order valence-electron chi connectivity index (χ1n) is 5.75. The van der Waals surface area contributed by atoms with E-state index in [-0.39, 0.29) is 18.8 Å². The van der Waals surface area contributed by atoms with E-state index in [2.05, 4.69) is 5.32 Å². The first-order valence-corrected chi connectivity index (χ1v) is 5.75. The normalized spacial score (nSPS) is 12.3. The highest BCUT2D eigenvalue weighted by Gasteiger charge is 2.21. The number of aliphatic carboxylic acids is 1. The Morgan fingerprint density at radius 2 is 2.05 bits per heavy atom. The van der Waals surface area contributed by atoms with Gasteiger partial charge in [0, 0.05) is 18.4 Å². The number of amides is 1. The summed E-state index contributed by atoms with van der Waals surface area (Å²) in [5.74, 6) is -1.76. The molecule has 2 rings (SSSR count). The van der Waals surface area contributed by atoms with Crippen LogP contribution in [0.5, 0.6) is 0 Å². The number of aliphatic hydroxyl groups is 1. The van der Waals surface area contributed by atoms with Crippen LogP contribution in [0.1, 0.15) is 17.0 Å². The SMILES string of the molecule is O=C(NC(CCO)C(=O)O)c1cc2ccccc2o1. The van der Waals surface area contributed by atoms with E-state index in [4.69, 9.17) is 14.6 Å². The predicted octanol–water partition coefficient (Wildman–Crippen LogP) is 0.998. The largest absolute Gasteiger partial charge is 0.480 e. The van der Waals surface area contributed by atoms with Gasteiger partial charge in [0.05, 0.1) is 0 Å². The molecule has 1 amide bonds. The van der Waals surface area contributed by atoms with Crippen molar-refractivity contribution in [2.45, 2.75) is 12.5 Å². The van der Waals surface area contributed by atoms with E-state index in [1.807, 2.05) is 6.07 Å². The van der Waals surface area contributed by atoms with Crippen LogP contribution in [0.2, 0.25) is 0 Å². The molecule has 0 radical (unpaired) electrons. The molecule has 6 nitrogen and oxygen atoms in total. The molecule has 0 aliphatic heterocycles. The fraction of sp³-hybridized carbons (Fsp3) is 0.231. The second-order valence-electron chi connectivity index (χ2n) is 4.03. The zero-order chi connectivity index (χ0) is 13.8. The van der Waals surface area contributed by atoms with Gasteiger partial charge in [0.15, 0.2) is 5.76 Å². The van der Waals surface area contributed by atoms with Crippen molar-refractivity contribution < 1.29 is 24.2 Å². The van der Waals surface area contributed by atoms with Crippen molar-refractivity contribution >= 4 is 22.8 Å². The van der Waals surface area contributed by atoms with Crippen LogP contribution in [-0.4, -0.2) is 34.7 Å². The minimum Gasteiger partial charge on any atom is -0.480 e. The summed E-state index contributed by atoms with van der Waals surface area (Å²) < 4.78 is 5.32. The summed E-state index contributed by atoms with van der Waals surface area (Å²) in [7, 11) is 0. The molecule has 0 aliphatic rings. The lowest BCUT2D eigenvalue weighted by Crippen LogP contribution is -2.41. The summed E-state index contributed by atoms with van der Waals surface area (Å²) in [6, 6.07) is 7.51. The van der Waals surface area contributed by atoms with Crippen LogP contribution in [0.3, 0.4) is 0 Å². The molecule has 1 aromatic carbocycles. The highest BCUT2D eigenvalue weighted by Crippen LogP contribution is 2.18. The van der Waals surface area contributed by atoms with Gasteiger partial charge < -0.3 is 19.9 Å². The molecule has 2 aromatic rings. The van der Waals surface area contributed by atoms with Gasteiger partial charge in [-0.1, -0.05) is 18.2 Å². The van der Waals surface area contributed by atoms with Gasteiger partial charge >= 0.3 is 5.97 Å². The van der Waals surface area contributed by atoms with Crippen molar-refractivity contribution in [1.82, 2.24) is 5.32 Å². The number of carboxylic acids is 1. The number of hydrogen-bond acceptors (Lipinski definition) is 4. The number of para-hydroxylation sites is 1. The molecule has 1 heterocycles. The van der Waals surface area contributed by atoms with E-state index in [1.54, 1.807) is 24.3 Å². The first kappa shape index (κ1) is 13.1. The van der Waals surface area contributed by atoms with Gasteiger partial charge in [0.1, 0.15) is 11.6 Å². The molecule has 1 aromatic heterocycles. The van der Waals surface area contributed by atoms with Crippen LogP contribution in [0, 0.1) is 0 Å². The lowest BCUT2D eigenvalue weighted by Gasteiger charge is -2.11. The number of furan rings is 1. The van der Waals surface area contributed by atoms with Crippen molar-refractivity contribution in [3.8, 4) is 0 Å². The number of benzene rings is 1. The maximum atomic E-state index is 11.9. The predicted molar refractivity (Wildman–Crippen MR) is 66.8 cm³/mol. The average molecular weight is 263 g/mol. The number of rotatable bonds is 5. The smallest absolute Gasteiger partial charge is 0.326 e. The molecule has 0 bridgehead atoms. The molecular formula is C13H13NO5. The molecule has 6 heteroatoms. The van der Waals surface area contributed by atoms with E-state index in [1.165, 1.54) is 0 Å². The molecule has 0 spiro atoms. The van der Waals surface area contributed by atoms with Gasteiger partial charge in [-0.3, -0.25) is 4.79 Å². The Labute approximate surface area is 108 Å². The number of carboxylic acid groups (broad SMARTS) is 1. The second-order valence-corrected chi connectivity index (χ2v) is 4.03. The van der Waals surface area contributed by atoms with E-state index in [9.17, 15) is 9.59 Å². The van der Waals surface area contributed by atoms with E-state index in [0.29, 0.717) is 5.58 Å². The third-order valence-electron chi connectivity index (χ3n) is 2.67. The standard InChI is InChI=1S/C13H13NO5/c15-6-5-9(13(17)18)14-12(16)11-7-8-3-1-2-4-10(8)19-11/h1-4,7,9,15H,5-6H2,(H,14,16)(H,17,18). The van der Waals surface area contributed by atoms with Crippen molar-refractivity contribution in [2.75, 3.05) is 6.61 Å². The van der Waals surface area contributed by atoms with Crippen LogP contribution in [0.25, 0.3) is 11.0 Å². The molecule has 100 valence electrons. The zero-order valence-electron chi connectivity index (χ0n) is 10.00. The van der Waals surface area contributed by atoms with Gasteiger partial charge in [0.25, 0.3) is 5.91 Å². The summed E-state index contributed by atoms with van der Waals surface area (Å²) in [4.78, 5) is 22.7. The number of nitrogens with one attached hydrogen (secondary N) is 1. The van der Waals surface area contributed by atoms with Gasteiger partial charge in [-0.15, -0.1) is 0 Å². The molecule has 1 atom stereocenters. The van der Waals surface area contributed by atoms with Crippen LogP contribution in [-0.2, 0) is 4.79 Å². The Hall–Kier alpha value is -2.34. The number of hydrogen-bond donors (Lipinski definition) is 3. The van der Waals surface area contributed by atoms with Gasteiger partial charge in [-0.05, 0) is 12.1 Å². The fourth-order valence-electron chi connectivity index (χ4n) is 1.71. The third kappa shape index (κ3) is 2.92. The maximum absolute atomic E-state index is 11.9. The van der Waals surface area contributed by atoms with Crippen molar-refractivity contribution in [2.24, 2.45) is 0 Å². The Kier molecular flexibility index (Phi) is 3.82. The summed E-state index contributed by atoms with van der Waals surface area (Å²) in [6.07, 6.45) is -0.0543. The van der Waals surface area contributed by atoms with Gasteiger partial charge in [-0.2, -0.15) is 0 Å². The Bertz CT molecular complexity index is 571. The zero-order valence-corrected chi connectivity index (χ0v) is 10.00. The number of fused-ring (bicyclic) bond motifs is 1. The molecule has 19 heavy (non-hydrogen) atoms. The topological polar surface area (TPSA) is 99.8 Å². The molecule has 1 unspecified atom stereocenters. The monoisotopic (exact) mass is 263 g/mol. The first-order chi connectivity index (χ1) is 9.11. The molecule has 0 fully saturated rings. The lowest BCUT2D eigenvalue weighted by molar-refractivity contribution is -0.139. The number of carbonyl (C=O) groups is 2. The van der Waals surface area contributed by atoms with Crippen LogP contribution in [0.15, 0.2) is 34.7 Å². The summed E-state index contributed by atoms with van der Waals surface area (Å²) in [5, 5.41) is 20.7. The summed E-state index contributed by atoms with van der Waals surface area (Å²) in [6.45, 7) is -0.322. The van der Waals surface area contributed by atoms with E-state index in [0.717, 1.165) is 5.39 Å². The summed E-state index contributed by atoms with van der Waals surface area (Å²) in [5.41, 5.74) is 0.557. The Morgan fingerprint density at radius 1 is 1.32 bits per heavy atom.